The smallest absolute Gasteiger partial charge is 0.259 e. The van der Waals surface area contributed by atoms with E-state index in [-0.39, 0.29) is 11.8 Å². The number of likely N-dealkylation sites (tertiary alicyclic amines) is 1. The van der Waals surface area contributed by atoms with E-state index in [1.54, 1.807) is 31.2 Å². The molecule has 0 spiro atoms. The second kappa shape index (κ2) is 7.93. The van der Waals surface area contributed by atoms with E-state index in [1.165, 1.54) is 6.26 Å². The molecule has 1 saturated heterocycles. The summed E-state index contributed by atoms with van der Waals surface area (Å²) < 4.78 is 5.17. The molecule has 26 heavy (non-hydrogen) atoms. The van der Waals surface area contributed by atoms with Gasteiger partial charge in [0.15, 0.2) is 0 Å². The molecule has 6 nitrogen and oxygen atoms in total. The topological polar surface area (TPSA) is 74.6 Å². The van der Waals surface area contributed by atoms with Gasteiger partial charge in [-0.25, -0.2) is 0 Å². The highest BCUT2D eigenvalue weighted by molar-refractivity contribution is 6.31. The van der Waals surface area contributed by atoms with Gasteiger partial charge in [-0.1, -0.05) is 11.6 Å². The van der Waals surface area contributed by atoms with E-state index in [0.29, 0.717) is 46.6 Å². The van der Waals surface area contributed by atoms with Crippen molar-refractivity contribution in [2.75, 3.05) is 32.0 Å². The number of carbonyl (C=O) groups excluding carboxylic acids is 2. The van der Waals surface area contributed by atoms with Gasteiger partial charge in [0, 0.05) is 18.1 Å². The SMILES string of the molecule is CNCC1CCN(C(=O)c2ccc(Cl)cc2NC(=O)c2ccoc2C)C1. The first-order valence-corrected chi connectivity index (χ1v) is 8.96. The Kier molecular flexibility index (Phi) is 5.64. The van der Waals surface area contributed by atoms with Crippen LogP contribution < -0.4 is 10.6 Å². The minimum absolute atomic E-state index is 0.0977. The molecule has 1 fully saturated rings. The summed E-state index contributed by atoms with van der Waals surface area (Å²) in [4.78, 5) is 27.3. The zero-order chi connectivity index (χ0) is 18.7. The maximum atomic E-state index is 13.0. The third-order valence-corrected chi connectivity index (χ3v) is 4.86. The van der Waals surface area contributed by atoms with Crippen LogP contribution in [-0.4, -0.2) is 43.4 Å². The summed E-state index contributed by atoms with van der Waals surface area (Å²) in [6.45, 7) is 4.01. The Bertz CT molecular complexity index is 818. The molecule has 1 unspecified atom stereocenters. The summed E-state index contributed by atoms with van der Waals surface area (Å²) in [5, 5.41) is 6.40. The van der Waals surface area contributed by atoms with E-state index in [2.05, 4.69) is 10.6 Å². The normalized spacial score (nSPS) is 16.7. The number of halogens is 1. The number of benzene rings is 1. The Morgan fingerprint density at radius 3 is 2.81 bits per heavy atom. The van der Waals surface area contributed by atoms with Crippen LogP contribution in [0.4, 0.5) is 5.69 Å². The average Bonchev–Trinajstić information content (AvgIpc) is 3.24. The van der Waals surface area contributed by atoms with Crippen LogP contribution in [-0.2, 0) is 0 Å². The number of furan rings is 1. The van der Waals surface area contributed by atoms with Gasteiger partial charge in [0.2, 0.25) is 0 Å². The summed E-state index contributed by atoms with van der Waals surface area (Å²) in [6.07, 6.45) is 2.43. The van der Waals surface area contributed by atoms with E-state index < -0.39 is 0 Å². The summed E-state index contributed by atoms with van der Waals surface area (Å²) in [6, 6.07) is 6.52. The highest BCUT2D eigenvalue weighted by atomic mass is 35.5. The minimum Gasteiger partial charge on any atom is -0.469 e. The van der Waals surface area contributed by atoms with Gasteiger partial charge in [-0.05, 0) is 57.1 Å². The summed E-state index contributed by atoms with van der Waals surface area (Å²) in [5.74, 6) is 0.538. The van der Waals surface area contributed by atoms with Gasteiger partial charge in [-0.15, -0.1) is 0 Å². The van der Waals surface area contributed by atoms with Gasteiger partial charge < -0.3 is 20.0 Å². The molecular formula is C19H22ClN3O3. The van der Waals surface area contributed by atoms with Gasteiger partial charge in [-0.3, -0.25) is 9.59 Å². The van der Waals surface area contributed by atoms with Crippen molar-refractivity contribution in [3.8, 4) is 0 Å². The van der Waals surface area contributed by atoms with E-state index in [1.807, 2.05) is 11.9 Å². The highest BCUT2D eigenvalue weighted by Gasteiger charge is 2.28. The number of nitrogens with one attached hydrogen (secondary N) is 2. The Morgan fingerprint density at radius 1 is 1.31 bits per heavy atom. The van der Waals surface area contributed by atoms with Crippen LogP contribution in [0.5, 0.6) is 0 Å². The number of nitrogens with zero attached hydrogens (tertiary/aromatic N) is 1. The first-order chi connectivity index (χ1) is 12.5. The van der Waals surface area contributed by atoms with Crippen molar-refractivity contribution in [3.63, 3.8) is 0 Å². The molecule has 2 N–H and O–H groups in total. The Hall–Kier alpha value is -2.31. The van der Waals surface area contributed by atoms with Crippen molar-refractivity contribution in [3.05, 3.63) is 52.4 Å². The Labute approximate surface area is 157 Å². The highest BCUT2D eigenvalue weighted by Crippen LogP contribution is 2.26. The van der Waals surface area contributed by atoms with E-state index in [4.69, 9.17) is 16.0 Å². The molecule has 0 radical (unpaired) electrons. The number of hydrogen-bond donors (Lipinski definition) is 2. The molecule has 0 bridgehead atoms. The number of carbonyl (C=O) groups is 2. The molecule has 1 atom stereocenters. The average molecular weight is 376 g/mol. The quantitative estimate of drug-likeness (QED) is 0.841. The van der Waals surface area contributed by atoms with Crippen molar-refractivity contribution in [2.24, 2.45) is 5.92 Å². The van der Waals surface area contributed by atoms with Crippen molar-refractivity contribution in [2.45, 2.75) is 13.3 Å². The number of aryl methyl sites for hydroxylation is 1. The number of amides is 2. The summed E-state index contributed by atoms with van der Waals surface area (Å²) in [5.41, 5.74) is 1.28. The van der Waals surface area contributed by atoms with Gasteiger partial charge in [-0.2, -0.15) is 0 Å². The lowest BCUT2D eigenvalue weighted by molar-refractivity contribution is 0.0788. The first-order valence-electron chi connectivity index (χ1n) is 8.58. The Morgan fingerprint density at radius 2 is 2.12 bits per heavy atom. The minimum atomic E-state index is -0.331. The first kappa shape index (κ1) is 18.5. The number of hydrogen-bond acceptors (Lipinski definition) is 4. The van der Waals surface area contributed by atoms with Crippen LogP contribution in [0.3, 0.4) is 0 Å². The molecule has 2 amide bonds. The molecule has 0 saturated carbocycles. The lowest BCUT2D eigenvalue weighted by atomic mass is 10.1. The second-order valence-corrected chi connectivity index (χ2v) is 6.93. The third-order valence-electron chi connectivity index (χ3n) is 4.63. The molecule has 7 heteroatoms. The maximum absolute atomic E-state index is 13.0. The fourth-order valence-corrected chi connectivity index (χ4v) is 3.43. The predicted molar refractivity (Wildman–Crippen MR) is 101 cm³/mol. The molecule has 3 rings (SSSR count). The van der Waals surface area contributed by atoms with Gasteiger partial charge >= 0.3 is 0 Å². The fraction of sp³-hybridized carbons (Fsp3) is 0.368. The zero-order valence-electron chi connectivity index (χ0n) is 14.8. The third kappa shape index (κ3) is 3.92. The number of anilines is 1. The molecular weight excluding hydrogens is 354 g/mol. The van der Waals surface area contributed by atoms with E-state index >= 15 is 0 Å². The van der Waals surface area contributed by atoms with Crippen LogP contribution in [0, 0.1) is 12.8 Å². The monoisotopic (exact) mass is 375 g/mol. The van der Waals surface area contributed by atoms with Gasteiger partial charge in [0.1, 0.15) is 5.76 Å². The standard InChI is InChI=1S/C19H22ClN3O3/c1-12-15(6-8-26-12)18(24)22-17-9-14(20)3-4-16(17)19(25)23-7-5-13(11-23)10-21-2/h3-4,6,8-9,13,21H,5,7,10-11H2,1-2H3,(H,22,24). The van der Waals surface area contributed by atoms with Crippen LogP contribution in [0.25, 0.3) is 0 Å². The lowest BCUT2D eigenvalue weighted by Gasteiger charge is -2.19. The summed E-state index contributed by atoms with van der Waals surface area (Å²) in [7, 11) is 1.91. The second-order valence-electron chi connectivity index (χ2n) is 6.50. The largest absolute Gasteiger partial charge is 0.469 e. The molecule has 2 aromatic rings. The Balaban J connectivity index is 1.81. The molecule has 0 aliphatic carbocycles. The summed E-state index contributed by atoms with van der Waals surface area (Å²) >= 11 is 6.08. The van der Waals surface area contributed by atoms with Crippen LogP contribution in [0.2, 0.25) is 5.02 Å². The lowest BCUT2D eigenvalue weighted by Crippen LogP contribution is -2.31. The molecule has 1 aromatic heterocycles. The molecule has 2 heterocycles. The van der Waals surface area contributed by atoms with Crippen molar-refractivity contribution in [1.29, 1.82) is 0 Å². The zero-order valence-corrected chi connectivity index (χ0v) is 15.6. The molecule has 1 aliphatic rings. The molecule has 138 valence electrons. The van der Waals surface area contributed by atoms with E-state index in [9.17, 15) is 9.59 Å². The molecule has 1 aromatic carbocycles. The van der Waals surface area contributed by atoms with Gasteiger partial charge in [0.25, 0.3) is 11.8 Å². The van der Waals surface area contributed by atoms with Crippen molar-refractivity contribution in [1.82, 2.24) is 10.2 Å². The van der Waals surface area contributed by atoms with Crippen molar-refractivity contribution >= 4 is 29.1 Å². The van der Waals surface area contributed by atoms with E-state index in [0.717, 1.165) is 13.0 Å². The van der Waals surface area contributed by atoms with Crippen molar-refractivity contribution < 1.29 is 14.0 Å². The van der Waals surface area contributed by atoms with Gasteiger partial charge in [0.05, 0.1) is 23.1 Å². The van der Waals surface area contributed by atoms with Crippen LogP contribution >= 0.6 is 11.6 Å². The number of rotatable bonds is 5. The maximum Gasteiger partial charge on any atom is 0.259 e. The fourth-order valence-electron chi connectivity index (χ4n) is 3.26. The molecule has 1 aliphatic heterocycles. The van der Waals surface area contributed by atoms with Crippen LogP contribution in [0.1, 0.15) is 32.9 Å². The predicted octanol–water partition coefficient (Wildman–Crippen LogP) is 3.18. The van der Waals surface area contributed by atoms with Crippen LogP contribution in [0.15, 0.2) is 34.9 Å².